The number of hydrogen-bond donors (Lipinski definition) is 1. The van der Waals surface area contributed by atoms with Gasteiger partial charge in [0.05, 0.1) is 6.10 Å². The molecule has 0 bridgehead atoms. The molecule has 2 rings (SSSR count). The predicted octanol–water partition coefficient (Wildman–Crippen LogP) is 2.20. The number of likely N-dealkylation sites (N-methyl/N-ethyl adjacent to an activating group) is 1. The lowest BCUT2D eigenvalue weighted by atomic mass is 9.77. The highest BCUT2D eigenvalue weighted by molar-refractivity contribution is 4.87. The summed E-state index contributed by atoms with van der Waals surface area (Å²) in [5.74, 6) is 1.55. The van der Waals surface area contributed by atoms with Crippen molar-refractivity contribution in [1.29, 1.82) is 0 Å². The first-order valence-corrected chi connectivity index (χ1v) is 8.18. The zero-order chi connectivity index (χ0) is 13.8. The topological polar surface area (TPSA) is 26.7 Å². The minimum atomic E-state index is -0.112. The van der Waals surface area contributed by atoms with Crippen molar-refractivity contribution >= 4 is 0 Å². The predicted molar refractivity (Wildman–Crippen MR) is 80.3 cm³/mol. The van der Waals surface area contributed by atoms with Crippen LogP contribution in [0.3, 0.4) is 0 Å². The van der Waals surface area contributed by atoms with Crippen LogP contribution in [0.1, 0.15) is 46.0 Å². The molecule has 1 saturated carbocycles. The highest BCUT2D eigenvalue weighted by atomic mass is 16.3. The number of aliphatic hydroxyl groups excluding tert-OH is 1. The summed E-state index contributed by atoms with van der Waals surface area (Å²) in [5.41, 5.74) is 0. The number of hydrogen-bond acceptors (Lipinski definition) is 3. The van der Waals surface area contributed by atoms with E-state index >= 15 is 0 Å². The number of likely N-dealkylation sites (tertiary alicyclic amines) is 1. The molecule has 3 unspecified atom stereocenters. The van der Waals surface area contributed by atoms with Crippen molar-refractivity contribution in [3.63, 3.8) is 0 Å². The molecule has 3 atom stereocenters. The molecule has 1 aliphatic carbocycles. The fraction of sp³-hybridized carbons (Fsp3) is 1.00. The van der Waals surface area contributed by atoms with Crippen LogP contribution >= 0.6 is 0 Å². The lowest BCUT2D eigenvalue weighted by Crippen LogP contribution is -2.48. The maximum Gasteiger partial charge on any atom is 0.0695 e. The molecule has 2 fully saturated rings. The summed E-state index contributed by atoms with van der Waals surface area (Å²) in [7, 11) is 2.20. The zero-order valence-corrected chi connectivity index (χ0v) is 13.0. The zero-order valence-electron chi connectivity index (χ0n) is 13.0. The van der Waals surface area contributed by atoms with Crippen molar-refractivity contribution < 1.29 is 5.11 Å². The second kappa shape index (κ2) is 7.05. The first-order valence-electron chi connectivity index (χ1n) is 8.18. The van der Waals surface area contributed by atoms with Crippen LogP contribution in [0.25, 0.3) is 0 Å². The monoisotopic (exact) mass is 268 g/mol. The van der Waals surface area contributed by atoms with E-state index in [1.165, 1.54) is 45.3 Å². The first kappa shape index (κ1) is 15.3. The maximum atomic E-state index is 10.3. The molecular formula is C16H32N2O. The quantitative estimate of drug-likeness (QED) is 0.828. The summed E-state index contributed by atoms with van der Waals surface area (Å²) < 4.78 is 0. The van der Waals surface area contributed by atoms with E-state index in [1.807, 2.05) is 0 Å². The van der Waals surface area contributed by atoms with Gasteiger partial charge in [0.25, 0.3) is 0 Å². The van der Waals surface area contributed by atoms with Gasteiger partial charge in [-0.2, -0.15) is 0 Å². The molecule has 112 valence electrons. The minimum absolute atomic E-state index is 0.112. The van der Waals surface area contributed by atoms with Gasteiger partial charge in [0.15, 0.2) is 0 Å². The Bertz CT molecular complexity index is 263. The average Bonchev–Trinajstić information content (AvgIpc) is 2.89. The van der Waals surface area contributed by atoms with E-state index in [0.717, 1.165) is 24.8 Å². The van der Waals surface area contributed by atoms with Gasteiger partial charge in [0.2, 0.25) is 0 Å². The van der Waals surface area contributed by atoms with E-state index in [4.69, 9.17) is 0 Å². The Morgan fingerprint density at radius 1 is 1.21 bits per heavy atom. The van der Waals surface area contributed by atoms with Crippen molar-refractivity contribution in [1.82, 2.24) is 9.80 Å². The second-order valence-electron chi connectivity index (χ2n) is 6.98. The molecule has 3 nitrogen and oxygen atoms in total. The Morgan fingerprint density at radius 3 is 2.53 bits per heavy atom. The van der Waals surface area contributed by atoms with Crippen LogP contribution in [-0.2, 0) is 0 Å². The molecule has 1 N–H and O–H groups in total. The highest BCUT2D eigenvalue weighted by Gasteiger charge is 2.33. The molecule has 2 aliphatic rings. The van der Waals surface area contributed by atoms with Crippen molar-refractivity contribution in [2.24, 2.45) is 11.8 Å². The van der Waals surface area contributed by atoms with Gasteiger partial charge in [0, 0.05) is 19.1 Å². The van der Waals surface area contributed by atoms with E-state index in [9.17, 15) is 5.11 Å². The van der Waals surface area contributed by atoms with Crippen LogP contribution in [0.5, 0.6) is 0 Å². The fourth-order valence-electron chi connectivity index (χ4n) is 3.71. The molecule has 0 aromatic carbocycles. The third-order valence-electron chi connectivity index (χ3n) is 5.30. The van der Waals surface area contributed by atoms with Crippen LogP contribution in [0.2, 0.25) is 0 Å². The van der Waals surface area contributed by atoms with E-state index < -0.39 is 0 Å². The molecule has 1 heterocycles. The first-order chi connectivity index (χ1) is 9.08. The molecule has 0 aromatic heterocycles. The van der Waals surface area contributed by atoms with Crippen molar-refractivity contribution in [3.8, 4) is 0 Å². The largest absolute Gasteiger partial charge is 0.391 e. The number of aliphatic hydroxyl groups is 1. The summed E-state index contributed by atoms with van der Waals surface area (Å²) in [6, 6.07) is 0.378. The summed E-state index contributed by atoms with van der Waals surface area (Å²) in [5, 5.41) is 10.3. The molecule has 0 spiro atoms. The second-order valence-corrected chi connectivity index (χ2v) is 6.98. The SMILES string of the molecule is CC(C)C1CCC(O)C(N(C)CCN2CCCC2)C1. The summed E-state index contributed by atoms with van der Waals surface area (Å²) in [6.07, 6.45) is 5.99. The van der Waals surface area contributed by atoms with Gasteiger partial charge in [-0.25, -0.2) is 0 Å². The Balaban J connectivity index is 1.79. The molecule has 0 aromatic rings. The normalized spacial score (nSPS) is 33.5. The molecule has 0 amide bonds. The molecule has 1 saturated heterocycles. The lowest BCUT2D eigenvalue weighted by Gasteiger charge is -2.40. The van der Waals surface area contributed by atoms with Crippen molar-refractivity contribution in [2.75, 3.05) is 33.2 Å². The highest BCUT2D eigenvalue weighted by Crippen LogP contribution is 2.32. The minimum Gasteiger partial charge on any atom is -0.391 e. The Hall–Kier alpha value is -0.120. The Morgan fingerprint density at radius 2 is 1.89 bits per heavy atom. The smallest absolute Gasteiger partial charge is 0.0695 e. The standard InChI is InChI=1S/C16H32N2O/c1-13(2)14-6-7-16(19)15(12-14)17(3)10-11-18-8-4-5-9-18/h13-16,19H,4-12H2,1-3H3. The van der Waals surface area contributed by atoms with Crippen LogP contribution in [0.15, 0.2) is 0 Å². The Labute approximate surface area is 119 Å². The molecular weight excluding hydrogens is 236 g/mol. The van der Waals surface area contributed by atoms with Crippen molar-refractivity contribution in [2.45, 2.75) is 58.1 Å². The van der Waals surface area contributed by atoms with Gasteiger partial charge in [-0.15, -0.1) is 0 Å². The van der Waals surface area contributed by atoms with Crippen LogP contribution in [0, 0.1) is 11.8 Å². The van der Waals surface area contributed by atoms with Gasteiger partial charge in [-0.3, -0.25) is 4.90 Å². The van der Waals surface area contributed by atoms with Crippen molar-refractivity contribution in [3.05, 3.63) is 0 Å². The van der Waals surface area contributed by atoms with E-state index in [0.29, 0.717) is 6.04 Å². The molecule has 19 heavy (non-hydrogen) atoms. The maximum absolute atomic E-state index is 10.3. The van der Waals surface area contributed by atoms with Crippen LogP contribution in [-0.4, -0.2) is 60.3 Å². The third-order valence-corrected chi connectivity index (χ3v) is 5.30. The summed E-state index contributed by atoms with van der Waals surface area (Å²) >= 11 is 0. The van der Waals surface area contributed by atoms with Gasteiger partial charge >= 0.3 is 0 Å². The number of nitrogens with zero attached hydrogens (tertiary/aromatic N) is 2. The Kier molecular flexibility index (Phi) is 5.67. The molecule has 1 aliphatic heterocycles. The van der Waals surface area contributed by atoms with Crippen LogP contribution in [0.4, 0.5) is 0 Å². The van der Waals surface area contributed by atoms with Gasteiger partial charge < -0.3 is 10.0 Å². The third kappa shape index (κ3) is 4.17. The van der Waals surface area contributed by atoms with E-state index in [2.05, 4.69) is 30.7 Å². The fourth-order valence-corrected chi connectivity index (χ4v) is 3.71. The number of rotatable bonds is 5. The lowest BCUT2D eigenvalue weighted by molar-refractivity contribution is 0.00391. The average molecular weight is 268 g/mol. The van der Waals surface area contributed by atoms with Crippen LogP contribution < -0.4 is 0 Å². The summed E-state index contributed by atoms with van der Waals surface area (Å²) in [6.45, 7) is 9.47. The van der Waals surface area contributed by atoms with Gasteiger partial charge in [-0.05, 0) is 64.1 Å². The van der Waals surface area contributed by atoms with Gasteiger partial charge in [-0.1, -0.05) is 13.8 Å². The van der Waals surface area contributed by atoms with E-state index in [1.54, 1.807) is 0 Å². The molecule has 3 heteroatoms. The molecule has 0 radical (unpaired) electrons. The van der Waals surface area contributed by atoms with Gasteiger partial charge in [0.1, 0.15) is 0 Å². The van der Waals surface area contributed by atoms with E-state index in [-0.39, 0.29) is 6.10 Å². The summed E-state index contributed by atoms with van der Waals surface area (Å²) in [4.78, 5) is 4.98.